The molecule has 2 rings (SSSR count). The number of anilines is 1. The quantitative estimate of drug-likeness (QED) is 0.844. The number of rotatable bonds is 7. The molecule has 0 spiro atoms. The molecule has 0 saturated carbocycles. The monoisotopic (exact) mass is 321 g/mol. The van der Waals surface area contributed by atoms with Gasteiger partial charge < -0.3 is 9.84 Å². The lowest BCUT2D eigenvalue weighted by Gasteiger charge is -2.03. The third kappa shape index (κ3) is 5.40. The summed E-state index contributed by atoms with van der Waals surface area (Å²) >= 11 is 0. The van der Waals surface area contributed by atoms with Crippen LogP contribution in [0, 0.1) is 5.92 Å². The largest absolute Gasteiger partial charge is 0.339 e. The van der Waals surface area contributed by atoms with Crippen molar-refractivity contribution in [2.75, 3.05) is 11.1 Å². The predicted molar refractivity (Wildman–Crippen MR) is 84.6 cm³/mol. The third-order valence-electron chi connectivity index (χ3n) is 2.73. The second kappa shape index (κ2) is 7.84. The van der Waals surface area contributed by atoms with Crippen molar-refractivity contribution in [1.29, 1.82) is 0 Å². The Balaban J connectivity index is 1.82. The van der Waals surface area contributed by atoms with Gasteiger partial charge in [0.05, 0.1) is 5.75 Å². The smallest absolute Gasteiger partial charge is 0.237 e. The van der Waals surface area contributed by atoms with Gasteiger partial charge in [-0.05, 0) is 18.1 Å². The van der Waals surface area contributed by atoms with Crippen LogP contribution in [0.4, 0.5) is 5.69 Å². The zero-order chi connectivity index (χ0) is 15.9. The van der Waals surface area contributed by atoms with Crippen molar-refractivity contribution in [1.82, 2.24) is 10.1 Å². The van der Waals surface area contributed by atoms with E-state index in [2.05, 4.69) is 29.3 Å². The maximum Gasteiger partial charge on any atom is 0.237 e. The maximum atomic E-state index is 12.0. The van der Waals surface area contributed by atoms with E-state index < -0.39 is 10.8 Å². The SMILES string of the molecule is CC(C)Cc1nc(C[S@@](=O)CC(=O)Nc2ccccc2)no1. The number of amides is 1. The van der Waals surface area contributed by atoms with Gasteiger partial charge >= 0.3 is 0 Å². The molecular weight excluding hydrogens is 302 g/mol. The molecule has 1 aromatic carbocycles. The number of nitrogens with one attached hydrogen (secondary N) is 1. The molecule has 7 heteroatoms. The Morgan fingerprint density at radius 2 is 2.05 bits per heavy atom. The molecule has 0 bridgehead atoms. The molecule has 1 heterocycles. The van der Waals surface area contributed by atoms with Crippen molar-refractivity contribution in [2.24, 2.45) is 5.92 Å². The number of carbonyl (C=O) groups is 1. The van der Waals surface area contributed by atoms with Crippen molar-refractivity contribution in [2.45, 2.75) is 26.0 Å². The lowest BCUT2D eigenvalue weighted by atomic mass is 10.1. The summed E-state index contributed by atoms with van der Waals surface area (Å²) in [7, 11) is -1.37. The second-order valence-corrected chi connectivity index (χ2v) is 6.80. The first kappa shape index (κ1) is 16.4. The first-order chi connectivity index (χ1) is 10.5. The van der Waals surface area contributed by atoms with E-state index in [4.69, 9.17) is 4.52 Å². The summed E-state index contributed by atoms with van der Waals surface area (Å²) < 4.78 is 17.1. The molecule has 6 nitrogen and oxygen atoms in total. The molecule has 118 valence electrons. The van der Waals surface area contributed by atoms with Crippen LogP contribution in [0.5, 0.6) is 0 Å². The molecular formula is C15H19N3O3S. The number of benzene rings is 1. The molecule has 2 aromatic rings. The molecule has 0 aliphatic heterocycles. The molecule has 1 atom stereocenters. The molecule has 0 fully saturated rings. The summed E-state index contributed by atoms with van der Waals surface area (Å²) in [5.74, 6) is 1.05. The first-order valence-corrected chi connectivity index (χ1v) is 8.53. The molecule has 1 aromatic heterocycles. The molecule has 0 saturated heterocycles. The first-order valence-electron chi connectivity index (χ1n) is 7.04. The topological polar surface area (TPSA) is 85.1 Å². The highest BCUT2D eigenvalue weighted by molar-refractivity contribution is 7.84. The lowest BCUT2D eigenvalue weighted by Crippen LogP contribution is -2.20. The van der Waals surface area contributed by atoms with Crippen LogP contribution < -0.4 is 5.32 Å². The molecule has 1 N–H and O–H groups in total. The van der Waals surface area contributed by atoms with E-state index >= 15 is 0 Å². The Morgan fingerprint density at radius 3 is 2.73 bits per heavy atom. The number of hydrogen-bond donors (Lipinski definition) is 1. The van der Waals surface area contributed by atoms with Crippen LogP contribution in [0.1, 0.15) is 25.6 Å². The minimum absolute atomic E-state index is 0.0943. The summed E-state index contributed by atoms with van der Waals surface area (Å²) in [4.78, 5) is 16.0. The number of para-hydroxylation sites is 1. The highest BCUT2D eigenvalue weighted by Crippen LogP contribution is 2.08. The van der Waals surface area contributed by atoms with Gasteiger partial charge in [-0.2, -0.15) is 4.98 Å². The van der Waals surface area contributed by atoms with Crippen molar-refractivity contribution in [3.05, 3.63) is 42.0 Å². The van der Waals surface area contributed by atoms with E-state index in [-0.39, 0.29) is 17.4 Å². The Kier molecular flexibility index (Phi) is 5.83. The molecule has 22 heavy (non-hydrogen) atoms. The highest BCUT2D eigenvalue weighted by atomic mass is 32.2. The summed E-state index contributed by atoms with van der Waals surface area (Å²) in [6.45, 7) is 4.10. The highest BCUT2D eigenvalue weighted by Gasteiger charge is 2.14. The van der Waals surface area contributed by atoms with Gasteiger partial charge in [0, 0.05) is 22.9 Å². The summed E-state index contributed by atoms with van der Waals surface area (Å²) in [6.07, 6.45) is 0.689. The van der Waals surface area contributed by atoms with Gasteiger partial charge in [0.25, 0.3) is 0 Å². The van der Waals surface area contributed by atoms with E-state index in [1.54, 1.807) is 12.1 Å². The number of carbonyl (C=O) groups excluding carboxylic acids is 1. The summed E-state index contributed by atoms with van der Waals surface area (Å²) in [5.41, 5.74) is 0.684. The molecule has 0 radical (unpaired) electrons. The second-order valence-electron chi connectivity index (χ2n) is 5.35. The summed E-state index contributed by atoms with van der Waals surface area (Å²) in [5, 5.41) is 6.48. The van der Waals surface area contributed by atoms with E-state index in [0.717, 1.165) is 0 Å². The van der Waals surface area contributed by atoms with E-state index in [9.17, 15) is 9.00 Å². The fourth-order valence-corrected chi connectivity index (χ4v) is 2.71. The van der Waals surface area contributed by atoms with Gasteiger partial charge in [-0.3, -0.25) is 9.00 Å². The van der Waals surface area contributed by atoms with Gasteiger partial charge in [0.15, 0.2) is 5.82 Å². The molecule has 0 aliphatic rings. The Labute approximate surface area is 131 Å². The van der Waals surface area contributed by atoms with Crippen molar-refractivity contribution in [3.63, 3.8) is 0 Å². The Bertz CT molecular complexity index is 640. The van der Waals surface area contributed by atoms with Crippen molar-refractivity contribution in [3.8, 4) is 0 Å². The fraction of sp³-hybridized carbons (Fsp3) is 0.400. The lowest BCUT2D eigenvalue weighted by molar-refractivity contribution is -0.113. The third-order valence-corrected chi connectivity index (χ3v) is 3.90. The van der Waals surface area contributed by atoms with Gasteiger partial charge in [0.1, 0.15) is 5.75 Å². The number of hydrogen-bond acceptors (Lipinski definition) is 5. The molecule has 1 amide bonds. The van der Waals surface area contributed by atoms with E-state index in [1.165, 1.54) is 0 Å². The molecule has 0 aliphatic carbocycles. The van der Waals surface area contributed by atoms with Gasteiger partial charge in [-0.1, -0.05) is 37.2 Å². The van der Waals surface area contributed by atoms with Crippen LogP contribution in [0.2, 0.25) is 0 Å². The van der Waals surface area contributed by atoms with Crippen molar-refractivity contribution >= 4 is 22.4 Å². The Morgan fingerprint density at radius 1 is 1.32 bits per heavy atom. The number of nitrogens with zero attached hydrogens (tertiary/aromatic N) is 2. The normalized spacial score (nSPS) is 12.3. The van der Waals surface area contributed by atoms with Crippen molar-refractivity contribution < 1.29 is 13.5 Å². The van der Waals surface area contributed by atoms with E-state index in [0.29, 0.717) is 29.7 Å². The van der Waals surface area contributed by atoms with Crippen LogP contribution in [-0.2, 0) is 27.8 Å². The summed E-state index contributed by atoms with van der Waals surface area (Å²) in [6, 6.07) is 9.06. The van der Waals surface area contributed by atoms with Crippen LogP contribution in [-0.4, -0.2) is 26.0 Å². The predicted octanol–water partition coefficient (Wildman–Crippen LogP) is 2.16. The van der Waals surface area contributed by atoms with Crippen LogP contribution in [0.3, 0.4) is 0 Å². The zero-order valence-electron chi connectivity index (χ0n) is 12.6. The minimum atomic E-state index is -1.37. The average molecular weight is 321 g/mol. The van der Waals surface area contributed by atoms with Crippen LogP contribution >= 0.6 is 0 Å². The van der Waals surface area contributed by atoms with E-state index in [1.807, 2.05) is 18.2 Å². The average Bonchev–Trinajstić information content (AvgIpc) is 2.85. The Hall–Kier alpha value is -2.02. The van der Waals surface area contributed by atoms with Crippen LogP contribution in [0.15, 0.2) is 34.9 Å². The van der Waals surface area contributed by atoms with Gasteiger partial charge in [0.2, 0.25) is 11.8 Å². The minimum Gasteiger partial charge on any atom is -0.339 e. The number of aromatic nitrogens is 2. The van der Waals surface area contributed by atoms with Crippen LogP contribution in [0.25, 0.3) is 0 Å². The van der Waals surface area contributed by atoms with Gasteiger partial charge in [-0.15, -0.1) is 0 Å². The maximum absolute atomic E-state index is 12.0. The fourth-order valence-electron chi connectivity index (χ4n) is 1.84. The van der Waals surface area contributed by atoms with Gasteiger partial charge in [-0.25, -0.2) is 0 Å². The standard InChI is InChI=1S/C15H19N3O3S/c1-11(2)8-15-17-13(18-21-15)9-22(20)10-14(19)16-12-6-4-3-5-7-12/h3-7,11H,8-10H2,1-2H3,(H,16,19)/t22-/m1/s1. The molecule has 0 unspecified atom stereocenters. The zero-order valence-corrected chi connectivity index (χ0v) is 13.4.